The van der Waals surface area contributed by atoms with Crippen molar-refractivity contribution < 1.29 is 19.1 Å². The number of hydrogen-bond acceptors (Lipinski definition) is 7. The summed E-state index contributed by atoms with van der Waals surface area (Å²) in [6.07, 6.45) is 0. The lowest BCUT2D eigenvalue weighted by Crippen LogP contribution is -2.36. The minimum absolute atomic E-state index is 0.140. The average molecular weight is 441 g/mol. The molecular weight excluding hydrogens is 416 g/mol. The number of nitrogens with zero attached hydrogens (tertiary/aromatic N) is 2. The Morgan fingerprint density at radius 2 is 2.00 bits per heavy atom. The van der Waals surface area contributed by atoms with E-state index in [-0.39, 0.29) is 18.4 Å². The van der Waals surface area contributed by atoms with Gasteiger partial charge in [0.1, 0.15) is 5.75 Å². The summed E-state index contributed by atoms with van der Waals surface area (Å²) in [6, 6.07) is 12.6. The predicted molar refractivity (Wildman–Crippen MR) is 121 cm³/mol. The van der Waals surface area contributed by atoms with Crippen LogP contribution >= 0.6 is 11.3 Å². The largest absolute Gasteiger partial charge is 0.493 e. The fourth-order valence-electron chi connectivity index (χ4n) is 3.28. The minimum Gasteiger partial charge on any atom is -0.493 e. The number of hydrogen-bond donors (Lipinski definition) is 2. The molecule has 0 atom stereocenters. The molecule has 0 radical (unpaired) electrons. The first-order valence-electron chi connectivity index (χ1n) is 10.2. The maximum Gasteiger partial charge on any atom is 0.255 e. The van der Waals surface area contributed by atoms with Crippen LogP contribution < -0.4 is 20.3 Å². The summed E-state index contributed by atoms with van der Waals surface area (Å²) in [5, 5.41) is 6.43. The van der Waals surface area contributed by atoms with Gasteiger partial charge in [0.2, 0.25) is 5.91 Å². The second-order valence-corrected chi connectivity index (χ2v) is 7.95. The van der Waals surface area contributed by atoms with Gasteiger partial charge in [-0.25, -0.2) is 4.98 Å². The molecule has 1 aliphatic heterocycles. The zero-order chi connectivity index (χ0) is 21.6. The van der Waals surface area contributed by atoms with Gasteiger partial charge in [0.05, 0.1) is 42.1 Å². The maximum absolute atomic E-state index is 12.4. The van der Waals surface area contributed by atoms with Crippen LogP contribution in [0.3, 0.4) is 0 Å². The Kier molecular flexibility index (Phi) is 6.63. The highest BCUT2D eigenvalue weighted by atomic mass is 32.1. The van der Waals surface area contributed by atoms with Crippen molar-refractivity contribution in [3.63, 3.8) is 0 Å². The number of para-hydroxylation sites is 1. The van der Waals surface area contributed by atoms with E-state index >= 15 is 0 Å². The Morgan fingerprint density at radius 3 is 2.81 bits per heavy atom. The fourth-order valence-corrected chi connectivity index (χ4v) is 4.33. The zero-order valence-corrected chi connectivity index (χ0v) is 18.0. The van der Waals surface area contributed by atoms with E-state index in [2.05, 4.69) is 20.5 Å². The summed E-state index contributed by atoms with van der Waals surface area (Å²) in [5.41, 5.74) is 1.96. The molecule has 0 unspecified atom stereocenters. The van der Waals surface area contributed by atoms with Crippen LogP contribution in [0.2, 0.25) is 0 Å². The van der Waals surface area contributed by atoms with Gasteiger partial charge in [-0.3, -0.25) is 9.59 Å². The van der Waals surface area contributed by atoms with Gasteiger partial charge in [-0.15, -0.1) is 0 Å². The molecule has 1 saturated heterocycles. The molecule has 2 amide bonds. The molecule has 4 rings (SSSR count). The standard InChI is InChI=1S/C22H24N4O4S/c1-2-30-18-6-4-3-5-16(18)21(28)23-14-20(27)24-15-7-8-17-19(13-15)31-22(25-17)26-9-11-29-12-10-26/h3-8,13H,2,9-12,14H2,1H3,(H,23,28)(H,24,27). The first-order chi connectivity index (χ1) is 15.1. The van der Waals surface area contributed by atoms with Gasteiger partial charge in [0.15, 0.2) is 5.13 Å². The van der Waals surface area contributed by atoms with Gasteiger partial charge in [-0.05, 0) is 37.3 Å². The van der Waals surface area contributed by atoms with Gasteiger partial charge in [-0.1, -0.05) is 23.5 Å². The molecule has 0 aliphatic carbocycles. The van der Waals surface area contributed by atoms with Gasteiger partial charge in [0, 0.05) is 18.8 Å². The van der Waals surface area contributed by atoms with E-state index < -0.39 is 0 Å². The topological polar surface area (TPSA) is 92.8 Å². The summed E-state index contributed by atoms with van der Waals surface area (Å²) in [5.74, 6) is -0.165. The second-order valence-electron chi connectivity index (χ2n) is 6.94. The van der Waals surface area contributed by atoms with Gasteiger partial charge >= 0.3 is 0 Å². The third kappa shape index (κ3) is 5.12. The van der Waals surface area contributed by atoms with Crippen molar-refractivity contribution in [3.8, 4) is 5.75 Å². The van der Waals surface area contributed by atoms with Crippen LogP contribution in [0.5, 0.6) is 5.75 Å². The number of carbonyl (C=O) groups is 2. The molecule has 8 nitrogen and oxygen atoms in total. The number of benzene rings is 2. The smallest absolute Gasteiger partial charge is 0.255 e. The quantitative estimate of drug-likeness (QED) is 0.587. The molecular formula is C22H24N4O4S. The van der Waals surface area contributed by atoms with Gasteiger partial charge in [0.25, 0.3) is 5.91 Å². The SMILES string of the molecule is CCOc1ccccc1C(=O)NCC(=O)Nc1ccc2nc(N3CCOCC3)sc2c1. The molecule has 31 heavy (non-hydrogen) atoms. The molecule has 9 heteroatoms. The summed E-state index contributed by atoms with van der Waals surface area (Å²) in [4.78, 5) is 31.7. The van der Waals surface area contributed by atoms with Crippen molar-refractivity contribution in [2.75, 3.05) is 49.7 Å². The number of thiazole rings is 1. The van der Waals surface area contributed by atoms with Crippen molar-refractivity contribution in [2.45, 2.75) is 6.92 Å². The van der Waals surface area contributed by atoms with Crippen LogP contribution in [0.15, 0.2) is 42.5 Å². The van der Waals surface area contributed by atoms with Crippen molar-refractivity contribution in [2.24, 2.45) is 0 Å². The molecule has 2 heterocycles. The summed E-state index contributed by atoms with van der Waals surface area (Å²) in [7, 11) is 0. The minimum atomic E-state index is -0.354. The Morgan fingerprint density at radius 1 is 1.19 bits per heavy atom. The first-order valence-corrected chi connectivity index (χ1v) is 11.0. The molecule has 3 aromatic rings. The fraction of sp³-hybridized carbons (Fsp3) is 0.318. The summed E-state index contributed by atoms with van der Waals surface area (Å²) < 4.78 is 11.9. The highest BCUT2D eigenvalue weighted by molar-refractivity contribution is 7.22. The monoisotopic (exact) mass is 440 g/mol. The van der Waals surface area contributed by atoms with Crippen LogP contribution in [0, 0.1) is 0 Å². The zero-order valence-electron chi connectivity index (χ0n) is 17.2. The Labute approximate surface area is 184 Å². The van der Waals surface area contributed by atoms with E-state index in [1.54, 1.807) is 35.6 Å². The van der Waals surface area contributed by atoms with Crippen molar-refractivity contribution >= 4 is 44.2 Å². The van der Waals surface area contributed by atoms with Gasteiger partial charge in [-0.2, -0.15) is 0 Å². The number of amides is 2. The molecule has 2 N–H and O–H groups in total. The number of nitrogens with one attached hydrogen (secondary N) is 2. The lowest BCUT2D eigenvalue weighted by molar-refractivity contribution is -0.115. The molecule has 0 saturated carbocycles. The third-order valence-electron chi connectivity index (χ3n) is 4.78. The van der Waals surface area contributed by atoms with E-state index in [4.69, 9.17) is 9.47 Å². The van der Waals surface area contributed by atoms with Crippen LogP contribution in [0.25, 0.3) is 10.2 Å². The highest BCUT2D eigenvalue weighted by Gasteiger charge is 2.16. The van der Waals surface area contributed by atoms with Crippen molar-refractivity contribution in [1.82, 2.24) is 10.3 Å². The number of fused-ring (bicyclic) bond motifs is 1. The number of morpholine rings is 1. The molecule has 2 aromatic carbocycles. The second kappa shape index (κ2) is 9.76. The molecule has 1 fully saturated rings. The Balaban J connectivity index is 1.36. The highest BCUT2D eigenvalue weighted by Crippen LogP contribution is 2.31. The molecule has 0 bridgehead atoms. The van der Waals surface area contributed by atoms with Crippen molar-refractivity contribution in [3.05, 3.63) is 48.0 Å². The Bertz CT molecular complexity index is 1080. The molecule has 1 aromatic heterocycles. The lowest BCUT2D eigenvalue weighted by Gasteiger charge is -2.25. The number of aromatic nitrogens is 1. The third-order valence-corrected chi connectivity index (χ3v) is 5.86. The molecule has 1 aliphatic rings. The molecule has 162 valence electrons. The number of ether oxygens (including phenoxy) is 2. The van der Waals surface area contributed by atoms with Crippen LogP contribution in [0.1, 0.15) is 17.3 Å². The van der Waals surface area contributed by atoms with E-state index in [0.717, 1.165) is 28.4 Å². The summed E-state index contributed by atoms with van der Waals surface area (Å²) in [6.45, 7) is 5.24. The predicted octanol–water partition coefficient (Wildman–Crippen LogP) is 2.90. The first kappa shape index (κ1) is 21.1. The van der Waals surface area contributed by atoms with Gasteiger partial charge < -0.3 is 25.0 Å². The lowest BCUT2D eigenvalue weighted by atomic mass is 10.2. The molecule has 0 spiro atoms. The van der Waals surface area contributed by atoms with E-state index in [1.165, 1.54) is 0 Å². The number of carbonyl (C=O) groups excluding carboxylic acids is 2. The summed E-state index contributed by atoms with van der Waals surface area (Å²) >= 11 is 1.59. The van der Waals surface area contributed by atoms with Crippen LogP contribution in [0.4, 0.5) is 10.8 Å². The number of rotatable bonds is 7. The van der Waals surface area contributed by atoms with E-state index in [1.807, 2.05) is 25.1 Å². The number of anilines is 2. The van der Waals surface area contributed by atoms with Crippen LogP contribution in [-0.4, -0.2) is 56.3 Å². The normalized spacial score (nSPS) is 13.8. The van der Waals surface area contributed by atoms with Crippen molar-refractivity contribution in [1.29, 1.82) is 0 Å². The average Bonchev–Trinajstić information content (AvgIpc) is 3.22. The van der Waals surface area contributed by atoms with Crippen LogP contribution in [-0.2, 0) is 9.53 Å². The van der Waals surface area contributed by atoms with E-state index in [0.29, 0.717) is 36.8 Å². The maximum atomic E-state index is 12.4. The Hall–Kier alpha value is -3.17. The van der Waals surface area contributed by atoms with E-state index in [9.17, 15) is 9.59 Å².